The summed E-state index contributed by atoms with van der Waals surface area (Å²) in [6, 6.07) is 17.4. The van der Waals surface area contributed by atoms with E-state index in [-0.39, 0.29) is 30.3 Å². The molecule has 0 bridgehead atoms. The molecule has 0 radical (unpaired) electrons. The molecule has 0 heterocycles. The zero-order chi connectivity index (χ0) is 16.2. The number of amides is 1. The predicted octanol–water partition coefficient (Wildman–Crippen LogP) is 3.99. The number of rotatable bonds is 4. The van der Waals surface area contributed by atoms with Crippen LogP contribution in [0.25, 0.3) is 0 Å². The van der Waals surface area contributed by atoms with E-state index in [4.69, 9.17) is 10.5 Å². The van der Waals surface area contributed by atoms with E-state index in [1.165, 1.54) is 0 Å². The van der Waals surface area contributed by atoms with Gasteiger partial charge in [0.15, 0.2) is 0 Å². The lowest BCUT2D eigenvalue weighted by molar-refractivity contribution is -0.121. The molecular formula is C19H23ClN2O2. The molecule has 0 aliphatic heterocycles. The Labute approximate surface area is 149 Å². The van der Waals surface area contributed by atoms with Crippen molar-refractivity contribution in [1.29, 1.82) is 0 Å². The van der Waals surface area contributed by atoms with Gasteiger partial charge in [-0.15, -0.1) is 12.4 Å². The van der Waals surface area contributed by atoms with Gasteiger partial charge in [-0.1, -0.05) is 18.2 Å². The monoisotopic (exact) mass is 346 g/mol. The van der Waals surface area contributed by atoms with Gasteiger partial charge >= 0.3 is 0 Å². The number of hydrogen-bond donors (Lipinski definition) is 1. The molecule has 5 heteroatoms. The summed E-state index contributed by atoms with van der Waals surface area (Å²) < 4.78 is 5.77. The zero-order valence-corrected chi connectivity index (χ0v) is 14.5. The van der Waals surface area contributed by atoms with Gasteiger partial charge in [0.05, 0.1) is 0 Å². The smallest absolute Gasteiger partial charge is 0.229 e. The number of anilines is 1. The third-order valence-corrected chi connectivity index (χ3v) is 4.36. The van der Waals surface area contributed by atoms with Crippen molar-refractivity contribution in [1.82, 2.24) is 0 Å². The van der Waals surface area contributed by atoms with Crippen LogP contribution in [-0.4, -0.2) is 19.0 Å². The average Bonchev–Trinajstić information content (AvgIpc) is 3.02. The Balaban J connectivity index is 0.00000208. The first-order valence-corrected chi connectivity index (χ1v) is 7.99. The minimum Gasteiger partial charge on any atom is -0.457 e. The van der Waals surface area contributed by atoms with E-state index in [1.807, 2.05) is 61.6 Å². The summed E-state index contributed by atoms with van der Waals surface area (Å²) in [6.45, 7) is 0. The predicted molar refractivity (Wildman–Crippen MR) is 98.9 cm³/mol. The Morgan fingerprint density at radius 1 is 1.04 bits per heavy atom. The maximum Gasteiger partial charge on any atom is 0.229 e. The van der Waals surface area contributed by atoms with Gasteiger partial charge in [-0.2, -0.15) is 0 Å². The van der Waals surface area contributed by atoms with Crippen LogP contribution in [0.15, 0.2) is 54.6 Å². The molecule has 1 amide bonds. The zero-order valence-electron chi connectivity index (χ0n) is 13.7. The second-order valence-electron chi connectivity index (χ2n) is 6.08. The van der Waals surface area contributed by atoms with Gasteiger partial charge in [0, 0.05) is 24.7 Å². The topological polar surface area (TPSA) is 55.6 Å². The maximum atomic E-state index is 12.5. The van der Waals surface area contributed by atoms with Crippen molar-refractivity contribution < 1.29 is 9.53 Å². The molecule has 1 fully saturated rings. The first-order chi connectivity index (χ1) is 11.1. The highest BCUT2D eigenvalue weighted by Gasteiger charge is 2.30. The van der Waals surface area contributed by atoms with Gasteiger partial charge in [0.2, 0.25) is 5.91 Å². The fourth-order valence-corrected chi connectivity index (χ4v) is 3.00. The van der Waals surface area contributed by atoms with E-state index in [1.54, 1.807) is 4.90 Å². The summed E-state index contributed by atoms with van der Waals surface area (Å²) in [5.41, 5.74) is 6.78. The van der Waals surface area contributed by atoms with Gasteiger partial charge < -0.3 is 15.4 Å². The largest absolute Gasteiger partial charge is 0.457 e. The highest BCUT2D eigenvalue weighted by atomic mass is 35.5. The van der Waals surface area contributed by atoms with Crippen molar-refractivity contribution in [2.75, 3.05) is 11.9 Å². The Morgan fingerprint density at radius 2 is 1.67 bits per heavy atom. The van der Waals surface area contributed by atoms with Crippen molar-refractivity contribution in [2.24, 2.45) is 11.7 Å². The van der Waals surface area contributed by atoms with Crippen LogP contribution in [0, 0.1) is 5.92 Å². The summed E-state index contributed by atoms with van der Waals surface area (Å²) in [5, 5.41) is 0. The number of hydrogen-bond acceptors (Lipinski definition) is 3. The quantitative estimate of drug-likeness (QED) is 0.910. The van der Waals surface area contributed by atoms with Crippen LogP contribution in [0.5, 0.6) is 11.5 Å². The fraction of sp³-hybridized carbons (Fsp3) is 0.316. The summed E-state index contributed by atoms with van der Waals surface area (Å²) >= 11 is 0. The number of benzene rings is 2. The molecule has 2 aromatic rings. The number of ether oxygens (including phenoxy) is 1. The van der Waals surface area contributed by atoms with Crippen molar-refractivity contribution >= 4 is 24.0 Å². The molecule has 4 nitrogen and oxygen atoms in total. The number of carbonyl (C=O) groups excluding carboxylic acids is 1. The van der Waals surface area contributed by atoms with Crippen LogP contribution >= 0.6 is 12.4 Å². The van der Waals surface area contributed by atoms with Crippen molar-refractivity contribution in [3.05, 3.63) is 54.6 Å². The Morgan fingerprint density at radius 3 is 2.25 bits per heavy atom. The van der Waals surface area contributed by atoms with E-state index in [0.717, 1.165) is 36.4 Å². The van der Waals surface area contributed by atoms with Gasteiger partial charge in [-0.3, -0.25) is 4.79 Å². The third kappa shape index (κ3) is 4.28. The van der Waals surface area contributed by atoms with Gasteiger partial charge in [-0.05, 0) is 55.7 Å². The number of nitrogens with zero attached hydrogens (tertiary/aromatic N) is 1. The molecule has 2 unspecified atom stereocenters. The second-order valence-corrected chi connectivity index (χ2v) is 6.08. The fourth-order valence-electron chi connectivity index (χ4n) is 3.00. The molecular weight excluding hydrogens is 324 g/mol. The number of nitrogens with two attached hydrogens (primary N) is 1. The Kier molecular flexibility index (Phi) is 6.23. The molecule has 2 aromatic carbocycles. The highest BCUT2D eigenvalue weighted by Crippen LogP contribution is 2.29. The molecule has 0 saturated heterocycles. The molecule has 1 aliphatic carbocycles. The summed E-state index contributed by atoms with van der Waals surface area (Å²) in [4.78, 5) is 14.2. The summed E-state index contributed by atoms with van der Waals surface area (Å²) in [7, 11) is 1.82. The molecule has 0 spiro atoms. The molecule has 0 aromatic heterocycles. The van der Waals surface area contributed by atoms with E-state index in [0.29, 0.717) is 0 Å². The SMILES string of the molecule is CN(C(=O)C1CCC(N)C1)c1ccc(Oc2ccccc2)cc1.Cl. The van der Waals surface area contributed by atoms with E-state index < -0.39 is 0 Å². The maximum absolute atomic E-state index is 12.5. The van der Waals surface area contributed by atoms with E-state index in [2.05, 4.69) is 0 Å². The molecule has 3 rings (SSSR count). The van der Waals surface area contributed by atoms with Gasteiger partial charge in [0.25, 0.3) is 0 Å². The Hall–Kier alpha value is -2.04. The minimum absolute atomic E-state index is 0. The highest BCUT2D eigenvalue weighted by molar-refractivity contribution is 5.94. The molecule has 2 atom stereocenters. The lowest BCUT2D eigenvalue weighted by Crippen LogP contribution is -2.32. The number of halogens is 1. The summed E-state index contributed by atoms with van der Waals surface area (Å²) in [5.74, 6) is 1.75. The average molecular weight is 347 g/mol. The van der Waals surface area contributed by atoms with Crippen LogP contribution in [0.3, 0.4) is 0 Å². The molecule has 2 N–H and O–H groups in total. The van der Waals surface area contributed by atoms with Crippen LogP contribution in [0.1, 0.15) is 19.3 Å². The van der Waals surface area contributed by atoms with Crippen LogP contribution in [0.2, 0.25) is 0 Å². The number of carbonyl (C=O) groups is 1. The molecule has 24 heavy (non-hydrogen) atoms. The Bertz CT molecular complexity index is 661. The van der Waals surface area contributed by atoms with Crippen LogP contribution in [0.4, 0.5) is 5.69 Å². The number of para-hydroxylation sites is 1. The lowest BCUT2D eigenvalue weighted by Gasteiger charge is -2.21. The van der Waals surface area contributed by atoms with E-state index in [9.17, 15) is 4.79 Å². The normalized spacial score (nSPS) is 19.4. The van der Waals surface area contributed by atoms with Crippen molar-refractivity contribution in [2.45, 2.75) is 25.3 Å². The first-order valence-electron chi connectivity index (χ1n) is 7.99. The second kappa shape index (κ2) is 8.18. The van der Waals surface area contributed by atoms with E-state index >= 15 is 0 Å². The first kappa shape index (κ1) is 18.3. The molecule has 128 valence electrons. The van der Waals surface area contributed by atoms with Crippen LogP contribution < -0.4 is 15.4 Å². The summed E-state index contributed by atoms with van der Waals surface area (Å²) in [6.07, 6.45) is 2.62. The minimum atomic E-state index is 0. The van der Waals surface area contributed by atoms with Crippen molar-refractivity contribution in [3.8, 4) is 11.5 Å². The molecule has 1 saturated carbocycles. The van der Waals surface area contributed by atoms with Crippen molar-refractivity contribution in [3.63, 3.8) is 0 Å². The molecule has 1 aliphatic rings. The van der Waals surface area contributed by atoms with Gasteiger partial charge in [-0.25, -0.2) is 0 Å². The standard InChI is InChI=1S/C19H22N2O2.ClH/c1-21(19(22)14-7-8-15(20)13-14)16-9-11-18(12-10-16)23-17-5-3-2-4-6-17;/h2-6,9-12,14-15H,7-8,13,20H2,1H3;1H. The van der Waals surface area contributed by atoms with Crippen LogP contribution in [-0.2, 0) is 4.79 Å². The lowest BCUT2D eigenvalue weighted by atomic mass is 10.1. The van der Waals surface area contributed by atoms with Gasteiger partial charge in [0.1, 0.15) is 11.5 Å². The third-order valence-electron chi connectivity index (χ3n) is 4.36.